The van der Waals surface area contributed by atoms with Crippen molar-refractivity contribution < 1.29 is 5.11 Å². The number of aryl methyl sites for hydroxylation is 1. The van der Waals surface area contributed by atoms with Crippen LogP contribution in [0.15, 0.2) is 41.5 Å². The Morgan fingerprint density at radius 2 is 2.11 bits per heavy atom. The molecule has 0 saturated heterocycles. The fourth-order valence-electron chi connectivity index (χ4n) is 2.89. The SMILES string of the molecule is C=C(C)[C@@H]1CCC(C)=C1Cc1ccc(O)cc1C. The first-order valence-electron chi connectivity index (χ1n) is 6.61. The summed E-state index contributed by atoms with van der Waals surface area (Å²) in [4.78, 5) is 0. The summed E-state index contributed by atoms with van der Waals surface area (Å²) in [7, 11) is 0. The first-order valence-corrected chi connectivity index (χ1v) is 6.61. The number of aromatic hydroxyl groups is 1. The van der Waals surface area contributed by atoms with E-state index in [1.165, 1.54) is 40.7 Å². The summed E-state index contributed by atoms with van der Waals surface area (Å²) in [5.74, 6) is 0.906. The number of allylic oxidation sites excluding steroid dienone is 3. The van der Waals surface area contributed by atoms with Gasteiger partial charge in [-0.2, -0.15) is 0 Å². The molecule has 1 aromatic carbocycles. The Labute approximate surface area is 110 Å². The molecule has 0 aliphatic heterocycles. The van der Waals surface area contributed by atoms with Gasteiger partial charge < -0.3 is 5.11 Å². The van der Waals surface area contributed by atoms with Crippen LogP contribution in [0.5, 0.6) is 5.75 Å². The van der Waals surface area contributed by atoms with E-state index in [4.69, 9.17) is 0 Å². The zero-order chi connectivity index (χ0) is 13.3. The summed E-state index contributed by atoms with van der Waals surface area (Å²) in [5, 5.41) is 9.46. The average molecular weight is 242 g/mol. The number of benzene rings is 1. The van der Waals surface area contributed by atoms with Crippen LogP contribution in [0, 0.1) is 12.8 Å². The molecule has 18 heavy (non-hydrogen) atoms. The Hall–Kier alpha value is -1.50. The fourth-order valence-corrected chi connectivity index (χ4v) is 2.89. The zero-order valence-corrected chi connectivity index (χ0v) is 11.6. The molecular weight excluding hydrogens is 220 g/mol. The van der Waals surface area contributed by atoms with E-state index >= 15 is 0 Å². The Balaban J connectivity index is 2.27. The van der Waals surface area contributed by atoms with Crippen LogP contribution in [-0.4, -0.2) is 5.11 Å². The average Bonchev–Trinajstić information content (AvgIpc) is 2.64. The van der Waals surface area contributed by atoms with Gasteiger partial charge in [0.15, 0.2) is 0 Å². The molecule has 0 saturated carbocycles. The molecule has 1 atom stereocenters. The van der Waals surface area contributed by atoms with Crippen LogP contribution in [0.3, 0.4) is 0 Å². The van der Waals surface area contributed by atoms with Crippen LogP contribution < -0.4 is 0 Å². The van der Waals surface area contributed by atoms with E-state index < -0.39 is 0 Å². The topological polar surface area (TPSA) is 20.2 Å². The minimum Gasteiger partial charge on any atom is -0.508 e. The second-order valence-corrected chi connectivity index (χ2v) is 5.53. The molecule has 0 fully saturated rings. The highest BCUT2D eigenvalue weighted by molar-refractivity contribution is 5.39. The molecule has 0 spiro atoms. The Kier molecular flexibility index (Phi) is 3.60. The van der Waals surface area contributed by atoms with Gasteiger partial charge in [-0.05, 0) is 63.3 Å². The van der Waals surface area contributed by atoms with Gasteiger partial charge >= 0.3 is 0 Å². The van der Waals surface area contributed by atoms with Crippen LogP contribution in [0.2, 0.25) is 0 Å². The van der Waals surface area contributed by atoms with Crippen LogP contribution in [0.1, 0.15) is 37.8 Å². The molecule has 1 aromatic rings. The smallest absolute Gasteiger partial charge is 0.115 e. The number of phenols is 1. The van der Waals surface area contributed by atoms with Gasteiger partial charge in [0, 0.05) is 5.92 Å². The highest BCUT2D eigenvalue weighted by Gasteiger charge is 2.24. The van der Waals surface area contributed by atoms with Crippen molar-refractivity contribution in [3.63, 3.8) is 0 Å². The molecule has 1 nitrogen and oxygen atoms in total. The lowest BCUT2D eigenvalue weighted by molar-refractivity contribution is 0.474. The maximum atomic E-state index is 9.46. The fraction of sp³-hybridized carbons (Fsp3) is 0.412. The first-order chi connectivity index (χ1) is 8.49. The maximum absolute atomic E-state index is 9.46. The van der Waals surface area contributed by atoms with Crippen molar-refractivity contribution in [1.82, 2.24) is 0 Å². The summed E-state index contributed by atoms with van der Waals surface area (Å²) >= 11 is 0. The largest absolute Gasteiger partial charge is 0.508 e. The van der Waals surface area contributed by atoms with Crippen LogP contribution >= 0.6 is 0 Å². The van der Waals surface area contributed by atoms with Gasteiger partial charge in [-0.3, -0.25) is 0 Å². The zero-order valence-electron chi connectivity index (χ0n) is 11.6. The Morgan fingerprint density at radius 3 is 2.72 bits per heavy atom. The summed E-state index contributed by atoms with van der Waals surface area (Å²) in [6.07, 6.45) is 3.41. The highest BCUT2D eigenvalue weighted by Crippen LogP contribution is 2.38. The molecule has 0 heterocycles. The molecule has 1 aliphatic carbocycles. The first kappa shape index (κ1) is 12.9. The second-order valence-electron chi connectivity index (χ2n) is 5.53. The minimum absolute atomic E-state index is 0.352. The molecule has 1 N–H and O–H groups in total. The van der Waals surface area contributed by atoms with Gasteiger partial charge in [-0.15, -0.1) is 0 Å². The third-order valence-corrected chi connectivity index (χ3v) is 4.08. The molecule has 2 rings (SSSR count). The van der Waals surface area contributed by atoms with E-state index in [1.54, 1.807) is 6.07 Å². The van der Waals surface area contributed by atoms with Gasteiger partial charge in [0.05, 0.1) is 0 Å². The third-order valence-electron chi connectivity index (χ3n) is 4.08. The molecule has 0 unspecified atom stereocenters. The predicted molar refractivity (Wildman–Crippen MR) is 76.8 cm³/mol. The van der Waals surface area contributed by atoms with Gasteiger partial charge in [-0.1, -0.05) is 29.4 Å². The second kappa shape index (κ2) is 5.01. The van der Waals surface area contributed by atoms with Crippen molar-refractivity contribution >= 4 is 0 Å². The molecule has 96 valence electrons. The molecule has 1 aliphatic rings. The van der Waals surface area contributed by atoms with Crippen LogP contribution in [0.25, 0.3) is 0 Å². The van der Waals surface area contributed by atoms with Crippen LogP contribution in [0.4, 0.5) is 0 Å². The summed E-state index contributed by atoms with van der Waals surface area (Å²) < 4.78 is 0. The summed E-state index contributed by atoms with van der Waals surface area (Å²) in [6.45, 7) is 10.6. The quantitative estimate of drug-likeness (QED) is 0.771. The monoisotopic (exact) mass is 242 g/mol. The van der Waals surface area contributed by atoms with Gasteiger partial charge in [0.2, 0.25) is 0 Å². The molecular formula is C17H22O. The lowest BCUT2D eigenvalue weighted by Crippen LogP contribution is -2.04. The predicted octanol–water partition coefficient (Wildman–Crippen LogP) is 4.55. The van der Waals surface area contributed by atoms with E-state index in [2.05, 4.69) is 27.4 Å². The maximum Gasteiger partial charge on any atom is 0.115 e. The minimum atomic E-state index is 0.352. The van der Waals surface area contributed by atoms with E-state index in [-0.39, 0.29) is 0 Å². The van der Waals surface area contributed by atoms with Crippen LogP contribution in [-0.2, 0) is 6.42 Å². The van der Waals surface area contributed by atoms with Gasteiger partial charge in [-0.25, -0.2) is 0 Å². The number of hydrogen-bond acceptors (Lipinski definition) is 1. The van der Waals surface area contributed by atoms with Crippen molar-refractivity contribution in [2.75, 3.05) is 0 Å². The third kappa shape index (κ3) is 2.50. The van der Waals surface area contributed by atoms with E-state index in [0.29, 0.717) is 11.7 Å². The summed E-state index contributed by atoms with van der Waals surface area (Å²) in [6, 6.07) is 5.66. The lowest BCUT2D eigenvalue weighted by Gasteiger charge is -2.17. The van der Waals surface area contributed by atoms with Crippen molar-refractivity contribution in [3.05, 3.63) is 52.6 Å². The van der Waals surface area contributed by atoms with Crippen molar-refractivity contribution in [2.24, 2.45) is 5.92 Å². The lowest BCUT2D eigenvalue weighted by atomic mass is 9.88. The van der Waals surface area contributed by atoms with E-state index in [0.717, 1.165) is 6.42 Å². The number of phenolic OH excluding ortho intramolecular Hbond substituents is 1. The highest BCUT2D eigenvalue weighted by atomic mass is 16.3. The number of hydrogen-bond donors (Lipinski definition) is 1. The standard InChI is InChI=1S/C17H22O/c1-11(2)16-8-5-12(3)17(16)10-14-6-7-15(18)9-13(14)4/h6-7,9,16,18H,1,5,8,10H2,2-4H3/t16-/m0/s1. The van der Waals surface area contributed by atoms with Gasteiger partial charge in [0.1, 0.15) is 5.75 Å². The molecule has 1 heteroatoms. The van der Waals surface area contributed by atoms with Crippen molar-refractivity contribution in [2.45, 2.75) is 40.0 Å². The van der Waals surface area contributed by atoms with E-state index in [9.17, 15) is 5.11 Å². The molecule has 0 aromatic heterocycles. The summed E-state index contributed by atoms with van der Waals surface area (Å²) in [5.41, 5.74) is 6.82. The van der Waals surface area contributed by atoms with Gasteiger partial charge in [0.25, 0.3) is 0 Å². The molecule has 0 bridgehead atoms. The van der Waals surface area contributed by atoms with Crippen molar-refractivity contribution in [3.8, 4) is 5.75 Å². The normalized spacial score (nSPS) is 19.4. The van der Waals surface area contributed by atoms with Crippen molar-refractivity contribution in [1.29, 1.82) is 0 Å². The number of rotatable bonds is 3. The molecule has 0 radical (unpaired) electrons. The Bertz CT molecular complexity index is 508. The Morgan fingerprint density at radius 1 is 1.39 bits per heavy atom. The van der Waals surface area contributed by atoms with E-state index in [1.807, 2.05) is 12.1 Å². The molecule has 0 amide bonds.